The third kappa shape index (κ3) is 7.47. The molecule has 0 radical (unpaired) electrons. The minimum Gasteiger partial charge on any atom is -0.382 e. The number of ether oxygens (including phenoxy) is 1. The van der Waals surface area contributed by atoms with Gasteiger partial charge in [0.15, 0.2) is 0 Å². The number of nitrogens with zero attached hydrogens (tertiary/aromatic N) is 3. The van der Waals surface area contributed by atoms with Crippen molar-refractivity contribution in [3.63, 3.8) is 0 Å². The van der Waals surface area contributed by atoms with Crippen molar-refractivity contribution in [1.82, 2.24) is 9.80 Å². The van der Waals surface area contributed by atoms with Gasteiger partial charge in [0.1, 0.15) is 18.0 Å². The molecule has 1 heterocycles. The Balaban J connectivity index is 1.08. The summed E-state index contributed by atoms with van der Waals surface area (Å²) in [5, 5.41) is 15.9. The van der Waals surface area contributed by atoms with E-state index in [1.54, 1.807) is 6.07 Å². The second-order valence-electron chi connectivity index (χ2n) is 11.9. The summed E-state index contributed by atoms with van der Waals surface area (Å²) in [5.41, 5.74) is -0.941. The Morgan fingerprint density at radius 1 is 0.977 bits per heavy atom. The fourth-order valence-electron chi connectivity index (χ4n) is 6.26. The summed E-state index contributed by atoms with van der Waals surface area (Å²) in [7, 11) is 0. The van der Waals surface area contributed by atoms with Crippen LogP contribution in [-0.4, -0.2) is 64.6 Å². The first-order valence-electron chi connectivity index (χ1n) is 14.8. The number of nitrogens with one attached hydrogen (secondary N) is 1. The van der Waals surface area contributed by atoms with Crippen LogP contribution < -0.4 is 5.32 Å². The molecule has 1 aliphatic heterocycles. The first-order valence-corrected chi connectivity index (χ1v) is 14.8. The topological polar surface area (TPSA) is 88.0 Å². The van der Waals surface area contributed by atoms with E-state index in [2.05, 4.69) is 23.2 Å². The molecule has 44 heavy (non-hydrogen) atoms. The average Bonchev–Trinajstić information content (AvgIpc) is 2.98. The van der Waals surface area contributed by atoms with Crippen molar-refractivity contribution in [2.75, 3.05) is 25.0 Å². The zero-order valence-electron chi connectivity index (χ0n) is 24.6. The van der Waals surface area contributed by atoms with Crippen LogP contribution in [0.3, 0.4) is 0 Å². The number of carbonyl (C=O) groups excluding carboxylic acids is 1. The largest absolute Gasteiger partial charge is 0.423 e. The normalized spacial score (nSPS) is 23.1. The molecule has 1 aliphatic carbocycles. The second kappa shape index (κ2) is 13.1. The number of carbonyl (C=O) groups is 1. The van der Waals surface area contributed by atoms with Crippen molar-refractivity contribution < 1.29 is 32.0 Å². The summed E-state index contributed by atoms with van der Waals surface area (Å²) in [5.74, 6) is -0.324. The number of hydrogen-bond acceptors (Lipinski definition) is 6. The molecule has 1 saturated carbocycles. The summed E-state index contributed by atoms with van der Waals surface area (Å²) in [6, 6.07) is 13.8. The smallest absolute Gasteiger partial charge is 0.382 e. The molecule has 1 saturated heterocycles. The van der Waals surface area contributed by atoms with Crippen LogP contribution in [-0.2, 0) is 22.3 Å². The van der Waals surface area contributed by atoms with Crippen molar-refractivity contribution in [3.05, 3.63) is 81.7 Å². The van der Waals surface area contributed by atoms with Gasteiger partial charge in [0.2, 0.25) is 5.91 Å². The Morgan fingerprint density at radius 2 is 1.68 bits per heavy atom. The maximum absolute atomic E-state index is 13.5. The van der Waals surface area contributed by atoms with Crippen molar-refractivity contribution in [2.45, 2.75) is 76.5 Å². The van der Waals surface area contributed by atoms with Gasteiger partial charge in [-0.2, -0.15) is 13.2 Å². The van der Waals surface area contributed by atoms with Crippen LogP contribution in [0.5, 0.6) is 0 Å². The molecule has 0 spiro atoms. The predicted molar refractivity (Wildman–Crippen MR) is 159 cm³/mol. The molecule has 1 amide bonds. The van der Waals surface area contributed by atoms with Gasteiger partial charge >= 0.3 is 6.18 Å². The number of halogens is 4. The quantitative estimate of drug-likeness (QED) is 0.171. The number of hydrogen-bond donors (Lipinski definition) is 1. The van der Waals surface area contributed by atoms with E-state index in [1.807, 2.05) is 24.0 Å². The number of amides is 1. The van der Waals surface area contributed by atoms with Crippen LogP contribution in [0.2, 0.25) is 0 Å². The Bertz CT molecular complexity index is 1510. The van der Waals surface area contributed by atoms with Gasteiger partial charge in [-0.15, -0.1) is 0 Å². The maximum atomic E-state index is 13.5. The highest BCUT2D eigenvalue weighted by atomic mass is 19.4. The van der Waals surface area contributed by atoms with E-state index in [-0.39, 0.29) is 48.2 Å². The zero-order valence-corrected chi connectivity index (χ0v) is 24.6. The van der Waals surface area contributed by atoms with Gasteiger partial charge in [-0.1, -0.05) is 18.2 Å². The van der Waals surface area contributed by atoms with E-state index in [0.29, 0.717) is 38.8 Å². The first-order chi connectivity index (χ1) is 20.9. The van der Waals surface area contributed by atoms with Crippen LogP contribution in [0.1, 0.15) is 50.7 Å². The zero-order chi connectivity index (χ0) is 31.6. The highest BCUT2D eigenvalue weighted by molar-refractivity contribution is 5.83. The third-order valence-corrected chi connectivity index (χ3v) is 8.67. The van der Waals surface area contributed by atoms with Crippen molar-refractivity contribution in [2.24, 2.45) is 0 Å². The molecule has 8 nitrogen and oxygen atoms in total. The summed E-state index contributed by atoms with van der Waals surface area (Å²) in [4.78, 5) is 27.3. The Morgan fingerprint density at radius 3 is 2.39 bits per heavy atom. The molecular weight excluding hydrogens is 580 g/mol. The number of anilines is 1. The number of fused-ring (bicyclic) bond motifs is 1. The fraction of sp³-hybridized carbons (Fsp3) is 0.469. The van der Waals surface area contributed by atoms with Crippen LogP contribution in [0.15, 0.2) is 54.6 Å². The molecule has 2 aliphatic rings. The summed E-state index contributed by atoms with van der Waals surface area (Å²) in [6.45, 7) is 6.11. The monoisotopic (exact) mass is 616 g/mol. The summed E-state index contributed by atoms with van der Waals surface area (Å²) >= 11 is 0. The molecule has 12 heteroatoms. The van der Waals surface area contributed by atoms with Crippen molar-refractivity contribution in [1.29, 1.82) is 0 Å². The molecular formula is C32H36F4N4O4. The van der Waals surface area contributed by atoms with Gasteiger partial charge in [-0.25, -0.2) is 4.39 Å². The van der Waals surface area contributed by atoms with Gasteiger partial charge in [-0.05, 0) is 86.2 Å². The first kappa shape index (κ1) is 31.6. The van der Waals surface area contributed by atoms with E-state index in [0.717, 1.165) is 35.0 Å². The maximum Gasteiger partial charge on any atom is 0.423 e. The van der Waals surface area contributed by atoms with Crippen molar-refractivity contribution in [3.8, 4) is 0 Å². The van der Waals surface area contributed by atoms with Crippen LogP contribution in [0, 0.1) is 15.9 Å². The lowest BCUT2D eigenvalue weighted by Gasteiger charge is -2.44. The summed E-state index contributed by atoms with van der Waals surface area (Å²) in [6.07, 6.45) is -2.42. The van der Waals surface area contributed by atoms with Crippen LogP contribution >= 0.6 is 0 Å². The lowest BCUT2D eigenvalue weighted by molar-refractivity contribution is -0.388. The molecule has 2 atom stereocenters. The van der Waals surface area contributed by atoms with E-state index in [1.165, 1.54) is 18.2 Å². The number of nitro benzene ring substituents is 1. The number of piperazine rings is 1. The molecule has 2 fully saturated rings. The van der Waals surface area contributed by atoms with E-state index >= 15 is 0 Å². The molecule has 3 aromatic carbocycles. The molecule has 0 bridgehead atoms. The number of benzene rings is 3. The number of rotatable bonds is 8. The Kier molecular flexibility index (Phi) is 9.40. The Labute approximate surface area is 253 Å². The highest BCUT2D eigenvalue weighted by Crippen LogP contribution is 2.38. The van der Waals surface area contributed by atoms with Crippen LogP contribution in [0.25, 0.3) is 10.8 Å². The second-order valence-corrected chi connectivity index (χ2v) is 11.9. The standard InChI is InChI=1S/C32H36F4N4O4/c1-20-17-39(21(2)16-38(20)18-22-3-4-24-14-25(33)6-5-23(24)13-22)31(41)19-44-28-10-7-26(8-11-28)37-27-9-12-30(40(42)43)29(15-27)32(34,35)36/h3-6,9,12-15,20-21,26,28,37H,7-8,10-11,16-19H2,1-2H3/t20-,21+,26?,28?/m0/s1. The van der Waals surface area contributed by atoms with Gasteiger partial charge in [-0.3, -0.25) is 19.8 Å². The summed E-state index contributed by atoms with van der Waals surface area (Å²) < 4.78 is 59.5. The van der Waals surface area contributed by atoms with Gasteiger partial charge in [0.05, 0.1) is 11.0 Å². The van der Waals surface area contributed by atoms with E-state index in [9.17, 15) is 32.5 Å². The molecule has 3 aromatic rings. The Hall–Kier alpha value is -3.77. The van der Waals surface area contributed by atoms with Gasteiger partial charge in [0, 0.05) is 49.5 Å². The van der Waals surface area contributed by atoms with Gasteiger partial charge < -0.3 is 15.0 Å². The average molecular weight is 617 g/mol. The molecule has 0 unspecified atom stereocenters. The fourth-order valence-corrected chi connectivity index (χ4v) is 6.26. The van der Waals surface area contributed by atoms with Crippen molar-refractivity contribution >= 4 is 28.1 Å². The third-order valence-electron chi connectivity index (χ3n) is 8.67. The lowest BCUT2D eigenvalue weighted by atomic mass is 9.92. The SMILES string of the molecule is C[C@@H]1CN(Cc2ccc3cc(F)ccc3c2)[C@@H](C)CN1C(=O)COC1CCC(Nc2ccc([N+](=O)[O-])c(C(F)(F)F)c2)CC1. The minimum absolute atomic E-state index is 0.0000690. The molecule has 5 rings (SSSR count). The van der Waals surface area contributed by atoms with Crippen LogP contribution in [0.4, 0.5) is 28.9 Å². The van der Waals surface area contributed by atoms with E-state index < -0.39 is 22.4 Å². The number of alkyl halides is 3. The van der Waals surface area contributed by atoms with E-state index in [4.69, 9.17) is 4.74 Å². The predicted octanol–water partition coefficient (Wildman–Crippen LogP) is 6.77. The highest BCUT2D eigenvalue weighted by Gasteiger charge is 2.39. The van der Waals surface area contributed by atoms with Gasteiger partial charge in [0.25, 0.3) is 5.69 Å². The molecule has 0 aromatic heterocycles. The molecule has 1 N–H and O–H groups in total. The minimum atomic E-state index is -4.83. The lowest BCUT2D eigenvalue weighted by Crippen LogP contribution is -2.58. The molecule has 236 valence electrons. The number of nitro groups is 1.